The maximum Gasteiger partial charge on any atom is 0.355 e. The molecule has 444 valence electrons. The number of nitrogens with zero attached hydrogens (tertiary/aromatic N) is 2. The van der Waals surface area contributed by atoms with E-state index in [0.717, 1.165) is 60.4 Å². The van der Waals surface area contributed by atoms with Crippen LogP contribution < -0.4 is 0 Å². The standard InChI is InChI=1S/C36H57NO4.C31H49NO3.H2P2S/c1-23(2)25-13-16-36(22-40-29-10-8-9-19-39-29)18-17-34(6)26(30(25)36)11-12-28-33(5)20-24-21-37(38)41-31(24)32(3,4)27(33)14-15-35(28,34)7;1-19(2)21-10-13-31(18-33)15-14-29(6)22(25(21)31)8-9-24-28(5)16-20-17-32(34)35-26(20)27(3,4)23(28)11-12-30(24,29)7;1-2-3/h25-30,38H,1,8-22H2,2-7H3;21-25,33-34H,1,8-18H2,2-7H3;1H2/p+1/t25-,26+,27-,28+,29?,30+,33-,34+,35+,36+;21-,22+,23-,24+,25+,28-,29+,30+,31+;/m00./s1/i/hT. The van der Waals surface area contributed by atoms with Gasteiger partial charge < -0.3 is 24.3 Å². The number of aliphatic hydroxyl groups is 1. The SMILES string of the molecule is C=C(C)[C@@H]1CC[C@]2(CO)CC[C@]3(C)[C@H](CC[C@@H]4[C@@]5(C)CC6=C(ON(O)C6)C(C)(C)[C@@H]5CC[C@]43C)[C@@H]12.C=C(C)[C@@H]1CC[C@]2(COC3CCCCO3)CC[C@]3(C)[C@H](CC[C@@H]4[C@@]5(C)CC6=C(ON(O)C6)C(C)(C)[C@@H]5CC[C@]43C)[C@@H]12.[3H][P+](P)=S. The van der Waals surface area contributed by atoms with E-state index in [9.17, 15) is 15.5 Å². The minimum absolute atomic E-state index is 0.00251. The molecule has 3 heterocycles. The molecule has 0 spiro atoms. The van der Waals surface area contributed by atoms with Crippen LogP contribution in [-0.2, 0) is 31.0 Å². The van der Waals surface area contributed by atoms with Crippen molar-refractivity contribution in [2.75, 3.05) is 32.9 Å². The summed E-state index contributed by atoms with van der Waals surface area (Å²) in [6.45, 7) is 41.4. The second kappa shape index (κ2) is 20.7. The van der Waals surface area contributed by atoms with E-state index in [-0.39, 0.29) is 38.8 Å². The van der Waals surface area contributed by atoms with Crippen LogP contribution in [0.1, 0.15) is 218 Å². The van der Waals surface area contributed by atoms with Gasteiger partial charge in [0, 0.05) is 24.0 Å². The zero-order valence-electron chi connectivity index (χ0n) is 52.5. The number of fused-ring (bicyclic) bond motifs is 14. The van der Waals surface area contributed by atoms with Gasteiger partial charge in [0.25, 0.3) is 0 Å². The first-order valence-electron chi connectivity index (χ1n) is 32.5. The van der Waals surface area contributed by atoms with E-state index in [4.69, 9.17) is 20.4 Å². The quantitative estimate of drug-likeness (QED) is 0.176. The number of ether oxygens (including phenoxy) is 2. The fourth-order valence-electron chi connectivity index (χ4n) is 25.3. The van der Waals surface area contributed by atoms with Gasteiger partial charge in [-0.2, -0.15) is 0 Å². The average Bonchev–Trinajstić information content (AvgIpc) is 2.86. The van der Waals surface area contributed by atoms with Gasteiger partial charge in [0.1, 0.15) is 11.5 Å². The molecule has 0 bridgehead atoms. The zero-order chi connectivity index (χ0) is 57.8. The molecule has 9 nitrogen and oxygen atoms in total. The van der Waals surface area contributed by atoms with Crippen molar-refractivity contribution in [3.8, 4) is 0 Å². The molecule has 3 aliphatic heterocycles. The second-order valence-corrected chi connectivity index (χ2v) is 35.1. The highest BCUT2D eigenvalue weighted by atomic mass is 32.6. The average molecular weight is 1150 g/mol. The summed E-state index contributed by atoms with van der Waals surface area (Å²) in [5.41, 5.74) is 7.44. The van der Waals surface area contributed by atoms with E-state index in [1.54, 1.807) is 0 Å². The lowest BCUT2D eigenvalue weighted by atomic mass is 9.32. The van der Waals surface area contributed by atoms with Gasteiger partial charge in [0.05, 0.1) is 28.6 Å². The molecule has 79 heavy (non-hydrogen) atoms. The topological polar surface area (TPSA) is 104 Å². The van der Waals surface area contributed by atoms with Crippen molar-refractivity contribution in [2.24, 2.45) is 113 Å². The van der Waals surface area contributed by atoms with Gasteiger partial charge in [-0.25, -0.2) is 0 Å². The molecular formula is C67H109N2O7P2S+. The Morgan fingerprint density at radius 2 is 1.06 bits per heavy atom. The maximum absolute atomic E-state index is 10.7. The van der Waals surface area contributed by atoms with E-state index in [1.807, 2.05) is 0 Å². The Bertz CT molecular complexity index is 2530. The molecule has 3 unspecified atom stereocenters. The monoisotopic (exact) mass is 1150 g/mol. The number of aliphatic hydroxyl groups excluding tert-OH is 1. The van der Waals surface area contributed by atoms with Crippen LogP contribution in [0, 0.1) is 113 Å². The molecule has 8 saturated carbocycles. The largest absolute Gasteiger partial charge is 0.396 e. The maximum atomic E-state index is 10.7. The van der Waals surface area contributed by atoms with Crippen LogP contribution in [0.25, 0.3) is 0 Å². The molecule has 0 radical (unpaired) electrons. The zero-order valence-corrected chi connectivity index (χ0v) is 54.3. The van der Waals surface area contributed by atoms with E-state index in [0.29, 0.717) is 94.6 Å². The van der Waals surface area contributed by atoms with Crippen molar-refractivity contribution in [3.05, 3.63) is 47.0 Å². The molecular weight excluding hydrogens is 1040 g/mol. The molecule has 10 aliphatic carbocycles. The Morgan fingerprint density at radius 3 is 1.49 bits per heavy atom. The summed E-state index contributed by atoms with van der Waals surface area (Å²) >= 11 is 4.31. The number of hydroxylamine groups is 4. The molecule has 13 aliphatic rings. The fraction of sp³-hybridized carbons (Fsp3) is 0.881. The lowest BCUT2D eigenvalue weighted by molar-refractivity contribution is -0.308. The Balaban J connectivity index is 0.000000160. The highest BCUT2D eigenvalue weighted by Crippen LogP contribution is 2.80. The number of rotatable bonds is 6. The molecule has 0 aromatic rings. The van der Waals surface area contributed by atoms with Crippen molar-refractivity contribution >= 4 is 27.7 Å². The van der Waals surface area contributed by atoms with Crippen LogP contribution in [0.15, 0.2) is 47.0 Å². The van der Waals surface area contributed by atoms with Gasteiger partial charge in [0.15, 0.2) is 25.1 Å². The lowest BCUT2D eigenvalue weighted by Gasteiger charge is -2.72. The number of hydrogen-bond acceptors (Lipinski definition) is 10. The third-order valence-electron chi connectivity index (χ3n) is 28.8. The van der Waals surface area contributed by atoms with Crippen molar-refractivity contribution in [3.63, 3.8) is 0 Å². The molecule has 0 amide bonds. The number of allylic oxidation sites excluding steroid dienone is 4. The van der Waals surface area contributed by atoms with E-state index >= 15 is 0 Å². The van der Waals surface area contributed by atoms with Crippen molar-refractivity contribution in [1.82, 2.24) is 10.5 Å². The predicted molar refractivity (Wildman–Crippen MR) is 324 cm³/mol. The van der Waals surface area contributed by atoms with Gasteiger partial charge in [-0.1, -0.05) is 93.5 Å². The smallest absolute Gasteiger partial charge is 0.355 e. The van der Waals surface area contributed by atoms with Gasteiger partial charge in [0.2, 0.25) is 0 Å². The minimum atomic E-state index is -0.870. The summed E-state index contributed by atoms with van der Waals surface area (Å²) in [6.07, 6.45) is 26.0. The van der Waals surface area contributed by atoms with E-state index in [2.05, 4.69) is 117 Å². The molecule has 21 atom stereocenters. The third kappa shape index (κ3) is 8.69. The molecule has 13 rings (SSSR count). The molecule has 12 heteroatoms. The predicted octanol–water partition coefficient (Wildman–Crippen LogP) is 16.7. The summed E-state index contributed by atoms with van der Waals surface area (Å²) in [6, 6.07) is 0. The molecule has 0 aromatic carbocycles. The minimum Gasteiger partial charge on any atom is -0.396 e. The summed E-state index contributed by atoms with van der Waals surface area (Å²) in [7, 11) is 2.20. The summed E-state index contributed by atoms with van der Waals surface area (Å²) < 4.78 is 19.1. The molecule has 3 N–H and O–H groups in total. The van der Waals surface area contributed by atoms with Crippen molar-refractivity contribution in [2.45, 2.75) is 224 Å². The Kier molecular flexibility index (Phi) is 15.4. The molecule has 9 fully saturated rings. The van der Waals surface area contributed by atoms with E-state index in [1.165, 1.54) is 138 Å². The molecule has 1 saturated heterocycles. The fourth-order valence-corrected chi connectivity index (χ4v) is 25.3. The summed E-state index contributed by atoms with van der Waals surface area (Å²) in [5.74, 6) is 8.52. The van der Waals surface area contributed by atoms with Crippen molar-refractivity contribution < 1.29 is 34.7 Å². The number of hydrogen-bond donors (Lipinski definition) is 3. The van der Waals surface area contributed by atoms with Crippen LogP contribution in [0.2, 0.25) is 0 Å². The lowest BCUT2D eigenvalue weighted by Crippen LogP contribution is -2.66. The van der Waals surface area contributed by atoms with Crippen molar-refractivity contribution in [1.29, 1.82) is 1.28 Å². The summed E-state index contributed by atoms with van der Waals surface area (Å²) in [4.78, 5) is 11.8. The van der Waals surface area contributed by atoms with Crippen LogP contribution in [0.5, 0.6) is 0 Å². The van der Waals surface area contributed by atoms with Crippen LogP contribution >= 0.6 is 15.9 Å². The second-order valence-electron chi connectivity index (χ2n) is 32.3. The van der Waals surface area contributed by atoms with Crippen LogP contribution in [0.4, 0.5) is 0 Å². The van der Waals surface area contributed by atoms with Gasteiger partial charge in [-0.05, 0) is 273 Å². The van der Waals surface area contributed by atoms with Gasteiger partial charge in [-0.3, -0.25) is 10.4 Å². The van der Waals surface area contributed by atoms with E-state index < -0.39 is 6.99 Å². The first-order chi connectivity index (χ1) is 37.4. The normalized spacial score (nSPS) is 50.2. The first kappa shape index (κ1) is 58.6. The van der Waals surface area contributed by atoms with Gasteiger partial charge in [-0.15, -0.1) is 0 Å². The Hall–Kier alpha value is -0.770. The van der Waals surface area contributed by atoms with Crippen LogP contribution in [0.3, 0.4) is 0 Å². The Labute approximate surface area is 489 Å². The van der Waals surface area contributed by atoms with Gasteiger partial charge >= 0.3 is 1.28 Å². The third-order valence-corrected chi connectivity index (χ3v) is 28.8. The Morgan fingerprint density at radius 1 is 0.620 bits per heavy atom. The first-order valence-corrected chi connectivity index (χ1v) is 35.6. The summed E-state index contributed by atoms with van der Waals surface area (Å²) in [5, 5.41) is 33.4. The highest BCUT2D eigenvalue weighted by Gasteiger charge is 2.74. The van der Waals surface area contributed by atoms with Crippen LogP contribution in [-0.4, -0.2) is 66.5 Å². The molecule has 0 aromatic heterocycles. The highest BCUT2D eigenvalue weighted by molar-refractivity contribution is 8.24.